The Bertz CT molecular complexity index is 506. The zero-order chi connectivity index (χ0) is 19.6. The molecule has 1 amide bonds. The van der Waals surface area contributed by atoms with Crippen molar-refractivity contribution < 1.29 is 23.9 Å². The van der Waals surface area contributed by atoms with E-state index in [4.69, 9.17) is 10.5 Å². The van der Waals surface area contributed by atoms with Crippen LogP contribution < -0.4 is 11.1 Å². The highest BCUT2D eigenvalue weighted by molar-refractivity contribution is 6.04. The van der Waals surface area contributed by atoms with Gasteiger partial charge in [0, 0.05) is 18.0 Å². The summed E-state index contributed by atoms with van der Waals surface area (Å²) in [4.78, 5) is 36.2. The summed E-state index contributed by atoms with van der Waals surface area (Å²) in [5, 5.41) is 2.31. The minimum absolute atomic E-state index is 0.101. The van der Waals surface area contributed by atoms with Gasteiger partial charge in [-0.2, -0.15) is 0 Å². The molecule has 0 aromatic rings. The van der Waals surface area contributed by atoms with E-state index in [1.807, 2.05) is 0 Å². The Labute approximate surface area is 150 Å². The van der Waals surface area contributed by atoms with Crippen LogP contribution in [0.4, 0.5) is 4.79 Å². The highest BCUT2D eigenvalue weighted by Gasteiger charge is 2.24. The molecule has 0 saturated heterocycles. The van der Waals surface area contributed by atoms with Crippen molar-refractivity contribution in [1.82, 2.24) is 5.32 Å². The van der Waals surface area contributed by atoms with Crippen molar-refractivity contribution in [3.8, 4) is 0 Å². The summed E-state index contributed by atoms with van der Waals surface area (Å²) in [5.74, 6) is -1.11. The van der Waals surface area contributed by atoms with Crippen LogP contribution in [0.3, 0.4) is 0 Å². The summed E-state index contributed by atoms with van der Waals surface area (Å²) in [6, 6.07) is -0.283. The number of Topliss-reactive ketones (excluding diaryl/α,β-unsaturated/α-hetero) is 1. The number of alkyl carbamates (subject to hydrolysis) is 1. The lowest BCUT2D eigenvalue weighted by atomic mass is 9.99. The van der Waals surface area contributed by atoms with E-state index in [1.165, 1.54) is 14.0 Å². The molecule has 0 heterocycles. The van der Waals surface area contributed by atoms with E-state index in [2.05, 4.69) is 17.0 Å². The van der Waals surface area contributed by atoms with E-state index in [-0.39, 0.29) is 29.5 Å². The van der Waals surface area contributed by atoms with E-state index < -0.39 is 17.7 Å². The number of nitrogens with one attached hydrogen (secondary N) is 1. The van der Waals surface area contributed by atoms with E-state index in [0.717, 1.165) is 25.7 Å². The number of allylic oxidation sites excluding steroid dienone is 1. The highest BCUT2D eigenvalue weighted by atomic mass is 16.6. The van der Waals surface area contributed by atoms with Crippen LogP contribution in [0.1, 0.15) is 66.7 Å². The molecule has 0 aromatic carbocycles. The molecule has 0 bridgehead atoms. The van der Waals surface area contributed by atoms with Gasteiger partial charge < -0.3 is 15.2 Å². The number of ketones is 1. The van der Waals surface area contributed by atoms with Crippen molar-refractivity contribution in [1.29, 1.82) is 0 Å². The zero-order valence-corrected chi connectivity index (χ0v) is 16.2. The van der Waals surface area contributed by atoms with Crippen molar-refractivity contribution >= 4 is 17.8 Å². The smallest absolute Gasteiger partial charge is 0.412 e. The number of unbranched alkanes of at least 4 members (excludes halogenated alkanes) is 2. The third kappa shape index (κ3) is 9.86. The number of hydrogen-bond acceptors (Lipinski definition) is 6. The number of hydrogen-bond donors (Lipinski definition) is 2. The molecule has 0 aromatic heterocycles. The van der Waals surface area contributed by atoms with E-state index in [1.54, 1.807) is 20.8 Å². The third-order valence-electron chi connectivity index (χ3n) is 3.43. The SMILES string of the molecule is CCCCC[C@H](N)CC(=O)C(C)=C(NC(=O)OC(C)(C)C)C(=O)OC. The van der Waals surface area contributed by atoms with Gasteiger partial charge in [-0.15, -0.1) is 0 Å². The Morgan fingerprint density at radius 3 is 2.24 bits per heavy atom. The summed E-state index contributed by atoms with van der Waals surface area (Å²) >= 11 is 0. The van der Waals surface area contributed by atoms with Crippen molar-refractivity contribution in [3.63, 3.8) is 0 Å². The third-order valence-corrected chi connectivity index (χ3v) is 3.43. The number of methoxy groups -OCH3 is 1. The van der Waals surface area contributed by atoms with Gasteiger partial charge in [-0.05, 0) is 34.1 Å². The average molecular weight is 356 g/mol. The predicted octanol–water partition coefficient (Wildman–Crippen LogP) is 2.82. The number of carbonyl (C=O) groups excluding carboxylic acids is 3. The standard InChI is InChI=1S/C18H32N2O5/c1-7-8-9-10-13(19)11-14(21)12(2)15(16(22)24-6)20-17(23)25-18(3,4)5/h13H,7-11,19H2,1-6H3,(H,20,23)/t13-/m0/s1. The Morgan fingerprint density at radius 1 is 1.16 bits per heavy atom. The Morgan fingerprint density at radius 2 is 1.76 bits per heavy atom. The van der Waals surface area contributed by atoms with Gasteiger partial charge >= 0.3 is 12.1 Å². The first-order valence-electron chi connectivity index (χ1n) is 8.59. The molecule has 3 N–H and O–H groups in total. The maximum atomic E-state index is 12.4. The van der Waals surface area contributed by atoms with Gasteiger partial charge in [0.05, 0.1) is 7.11 Å². The zero-order valence-electron chi connectivity index (χ0n) is 16.2. The molecule has 0 aliphatic carbocycles. The molecule has 1 atom stereocenters. The fourth-order valence-corrected chi connectivity index (χ4v) is 2.09. The molecule has 0 aliphatic heterocycles. The molecular formula is C18H32N2O5. The fourth-order valence-electron chi connectivity index (χ4n) is 2.09. The summed E-state index contributed by atoms with van der Waals surface area (Å²) in [5.41, 5.74) is 5.12. The van der Waals surface area contributed by atoms with E-state index in [9.17, 15) is 14.4 Å². The molecule has 0 fully saturated rings. The molecule has 7 nitrogen and oxygen atoms in total. The molecule has 0 aliphatic rings. The first kappa shape index (κ1) is 23.1. The topological polar surface area (TPSA) is 108 Å². The minimum Gasteiger partial charge on any atom is -0.464 e. The number of amides is 1. The average Bonchev–Trinajstić information content (AvgIpc) is 2.49. The molecule has 0 unspecified atom stereocenters. The van der Waals surface area contributed by atoms with Crippen LogP contribution in [-0.2, 0) is 19.1 Å². The number of carbonyl (C=O) groups is 3. The molecule has 0 saturated carbocycles. The van der Waals surface area contributed by atoms with Crippen LogP contribution in [0.2, 0.25) is 0 Å². The minimum atomic E-state index is -0.827. The van der Waals surface area contributed by atoms with Crippen molar-refractivity contribution in [2.45, 2.75) is 78.4 Å². The first-order chi connectivity index (χ1) is 11.5. The fraction of sp³-hybridized carbons (Fsp3) is 0.722. The van der Waals surface area contributed by atoms with Gasteiger partial charge in [0.1, 0.15) is 11.3 Å². The first-order valence-corrected chi connectivity index (χ1v) is 8.59. The Kier molecular flexibility index (Phi) is 10.0. The number of ether oxygens (including phenoxy) is 2. The van der Waals surface area contributed by atoms with Gasteiger partial charge in [0.25, 0.3) is 0 Å². The maximum Gasteiger partial charge on any atom is 0.412 e. The number of nitrogens with two attached hydrogens (primary N) is 1. The van der Waals surface area contributed by atoms with Gasteiger partial charge in [-0.1, -0.05) is 26.2 Å². The van der Waals surface area contributed by atoms with Crippen LogP contribution >= 0.6 is 0 Å². The summed E-state index contributed by atoms with van der Waals surface area (Å²) in [6.07, 6.45) is 3.10. The largest absolute Gasteiger partial charge is 0.464 e. The summed E-state index contributed by atoms with van der Waals surface area (Å²) in [7, 11) is 1.17. The Hall–Kier alpha value is -1.89. The highest BCUT2D eigenvalue weighted by Crippen LogP contribution is 2.13. The van der Waals surface area contributed by atoms with Gasteiger partial charge in [0.15, 0.2) is 5.78 Å². The summed E-state index contributed by atoms with van der Waals surface area (Å²) < 4.78 is 9.76. The molecule has 0 rings (SSSR count). The van der Waals surface area contributed by atoms with Gasteiger partial charge in [-0.25, -0.2) is 9.59 Å². The van der Waals surface area contributed by atoms with Crippen molar-refractivity contribution in [2.24, 2.45) is 5.73 Å². The second kappa shape index (κ2) is 10.9. The van der Waals surface area contributed by atoms with Crippen molar-refractivity contribution in [3.05, 3.63) is 11.3 Å². The Balaban J connectivity index is 5.10. The van der Waals surface area contributed by atoms with E-state index >= 15 is 0 Å². The normalized spacial score (nSPS) is 13.6. The van der Waals surface area contributed by atoms with Crippen LogP contribution in [0, 0.1) is 0 Å². The number of esters is 1. The van der Waals surface area contributed by atoms with Crippen LogP contribution in [0.15, 0.2) is 11.3 Å². The lowest BCUT2D eigenvalue weighted by molar-refractivity contribution is -0.137. The van der Waals surface area contributed by atoms with Crippen LogP contribution in [0.25, 0.3) is 0 Å². The number of rotatable bonds is 9. The molecule has 0 spiro atoms. The lowest BCUT2D eigenvalue weighted by Gasteiger charge is -2.20. The molecule has 144 valence electrons. The molecular weight excluding hydrogens is 324 g/mol. The maximum absolute atomic E-state index is 12.4. The van der Waals surface area contributed by atoms with E-state index in [0.29, 0.717) is 0 Å². The van der Waals surface area contributed by atoms with Crippen LogP contribution in [-0.4, -0.2) is 36.6 Å². The van der Waals surface area contributed by atoms with Gasteiger partial charge in [0.2, 0.25) is 0 Å². The second-order valence-corrected chi connectivity index (χ2v) is 7.00. The quantitative estimate of drug-likeness (QED) is 0.374. The molecule has 7 heteroatoms. The lowest BCUT2D eigenvalue weighted by Crippen LogP contribution is -2.36. The van der Waals surface area contributed by atoms with Crippen molar-refractivity contribution in [2.75, 3.05) is 7.11 Å². The predicted molar refractivity (Wildman–Crippen MR) is 95.8 cm³/mol. The van der Waals surface area contributed by atoms with Gasteiger partial charge in [-0.3, -0.25) is 10.1 Å². The monoisotopic (exact) mass is 356 g/mol. The molecule has 25 heavy (non-hydrogen) atoms. The van der Waals surface area contributed by atoms with Crippen LogP contribution in [0.5, 0.6) is 0 Å². The summed E-state index contributed by atoms with van der Waals surface area (Å²) in [6.45, 7) is 8.64. The second-order valence-electron chi connectivity index (χ2n) is 7.00. The molecule has 0 radical (unpaired) electrons.